The Kier molecular flexibility index (Phi) is 4.68. The molecule has 0 saturated carbocycles. The molecule has 0 saturated heterocycles. The van der Waals surface area contributed by atoms with E-state index in [4.69, 9.17) is 9.84 Å². The molecule has 0 aliphatic heterocycles. The molecule has 2 aromatic rings. The molecule has 0 aliphatic carbocycles. The molecule has 1 aromatic heterocycles. The van der Waals surface area contributed by atoms with Gasteiger partial charge in [0.2, 0.25) is 0 Å². The first-order chi connectivity index (χ1) is 9.67. The number of benzene rings is 1. The number of amides is 1. The van der Waals surface area contributed by atoms with Crippen molar-refractivity contribution in [3.63, 3.8) is 0 Å². The van der Waals surface area contributed by atoms with Gasteiger partial charge < -0.3 is 15.2 Å². The molecule has 0 atom stereocenters. The number of carbonyl (C=O) groups excluding carboxylic acids is 1. The lowest BCUT2D eigenvalue weighted by Crippen LogP contribution is -2.20. The lowest BCUT2D eigenvalue weighted by atomic mass is 10.2. The number of carbonyl (C=O) groups is 1. The topological polar surface area (TPSA) is 71.5 Å². The Hall–Kier alpha value is -2.40. The Morgan fingerprint density at radius 3 is 2.60 bits per heavy atom. The number of nitrogens with zero attached hydrogens (tertiary/aromatic N) is 1. The highest BCUT2D eigenvalue weighted by atomic mass is 16.5. The van der Waals surface area contributed by atoms with Crippen molar-refractivity contribution in [2.45, 2.75) is 13.5 Å². The largest absolute Gasteiger partial charge is 0.482 e. The molecular formula is C15H16N2O3. The van der Waals surface area contributed by atoms with Crippen LogP contribution in [0.5, 0.6) is 5.75 Å². The number of anilines is 1. The fourth-order valence-electron chi connectivity index (χ4n) is 1.57. The van der Waals surface area contributed by atoms with Crippen molar-refractivity contribution < 1.29 is 14.6 Å². The summed E-state index contributed by atoms with van der Waals surface area (Å²) in [6.07, 6.45) is 1.48. The summed E-state index contributed by atoms with van der Waals surface area (Å²) in [5.41, 5.74) is 2.42. The van der Waals surface area contributed by atoms with Gasteiger partial charge in [-0.05, 0) is 31.2 Å². The van der Waals surface area contributed by atoms with Crippen LogP contribution in [0.2, 0.25) is 0 Å². The fourth-order valence-corrected chi connectivity index (χ4v) is 1.57. The van der Waals surface area contributed by atoms with Crippen LogP contribution in [0, 0.1) is 6.92 Å². The van der Waals surface area contributed by atoms with E-state index in [1.54, 1.807) is 12.1 Å². The number of pyridine rings is 1. The molecule has 20 heavy (non-hydrogen) atoms. The van der Waals surface area contributed by atoms with Crippen LogP contribution in [0.25, 0.3) is 0 Å². The predicted molar refractivity (Wildman–Crippen MR) is 75.5 cm³/mol. The molecule has 0 unspecified atom stereocenters. The van der Waals surface area contributed by atoms with Crippen molar-refractivity contribution in [2.75, 3.05) is 11.9 Å². The number of rotatable bonds is 5. The highest BCUT2D eigenvalue weighted by Crippen LogP contribution is 2.10. The first-order valence-corrected chi connectivity index (χ1v) is 6.22. The molecule has 2 rings (SSSR count). The second-order valence-electron chi connectivity index (χ2n) is 4.35. The summed E-state index contributed by atoms with van der Waals surface area (Å²) < 4.78 is 5.31. The van der Waals surface area contributed by atoms with E-state index in [-0.39, 0.29) is 19.1 Å². The van der Waals surface area contributed by atoms with Gasteiger partial charge in [0, 0.05) is 5.69 Å². The summed E-state index contributed by atoms with van der Waals surface area (Å²) in [5, 5.41) is 11.6. The zero-order chi connectivity index (χ0) is 14.4. The van der Waals surface area contributed by atoms with Gasteiger partial charge in [-0.3, -0.25) is 9.78 Å². The SMILES string of the molecule is Cc1ccc(NC(=O)COc2ccc(CO)nc2)cc1. The molecule has 0 radical (unpaired) electrons. The number of aromatic nitrogens is 1. The van der Waals surface area contributed by atoms with Crippen LogP contribution >= 0.6 is 0 Å². The van der Waals surface area contributed by atoms with E-state index in [9.17, 15) is 4.79 Å². The molecule has 5 heteroatoms. The second kappa shape index (κ2) is 6.68. The van der Waals surface area contributed by atoms with E-state index in [1.807, 2.05) is 31.2 Å². The highest BCUT2D eigenvalue weighted by Gasteiger charge is 2.04. The summed E-state index contributed by atoms with van der Waals surface area (Å²) in [6, 6.07) is 10.8. The monoisotopic (exact) mass is 272 g/mol. The average Bonchev–Trinajstić information content (AvgIpc) is 2.48. The maximum atomic E-state index is 11.7. The van der Waals surface area contributed by atoms with Crippen LogP contribution in [0.4, 0.5) is 5.69 Å². The van der Waals surface area contributed by atoms with Crippen LogP contribution < -0.4 is 10.1 Å². The second-order valence-corrected chi connectivity index (χ2v) is 4.35. The maximum Gasteiger partial charge on any atom is 0.262 e. The van der Waals surface area contributed by atoms with E-state index in [2.05, 4.69) is 10.3 Å². The number of hydrogen-bond donors (Lipinski definition) is 2. The first-order valence-electron chi connectivity index (χ1n) is 6.22. The van der Waals surface area contributed by atoms with Crippen molar-refractivity contribution in [1.82, 2.24) is 4.98 Å². The van der Waals surface area contributed by atoms with Crippen LogP contribution in [-0.4, -0.2) is 22.6 Å². The Bertz CT molecular complexity index is 565. The van der Waals surface area contributed by atoms with Crippen molar-refractivity contribution >= 4 is 11.6 Å². The molecule has 5 nitrogen and oxygen atoms in total. The van der Waals surface area contributed by atoms with Crippen molar-refractivity contribution in [2.24, 2.45) is 0 Å². The Balaban J connectivity index is 1.83. The molecule has 0 aliphatic rings. The Labute approximate surface area is 117 Å². The standard InChI is InChI=1S/C15H16N2O3/c1-11-2-4-12(5-3-11)17-15(19)10-20-14-7-6-13(9-18)16-8-14/h2-8,18H,9-10H2,1H3,(H,17,19). The molecule has 0 spiro atoms. The smallest absolute Gasteiger partial charge is 0.262 e. The van der Waals surface area contributed by atoms with Crippen LogP contribution in [0.3, 0.4) is 0 Å². The van der Waals surface area contributed by atoms with Gasteiger partial charge >= 0.3 is 0 Å². The van der Waals surface area contributed by atoms with E-state index in [0.717, 1.165) is 11.3 Å². The zero-order valence-electron chi connectivity index (χ0n) is 11.2. The molecule has 2 N–H and O–H groups in total. The fraction of sp³-hybridized carbons (Fsp3) is 0.200. The van der Waals surface area contributed by atoms with Crippen LogP contribution in [0.15, 0.2) is 42.6 Å². The third-order valence-electron chi connectivity index (χ3n) is 2.66. The third kappa shape index (κ3) is 4.07. The number of aryl methyl sites for hydroxylation is 1. The summed E-state index contributed by atoms with van der Waals surface area (Å²) >= 11 is 0. The van der Waals surface area contributed by atoms with Gasteiger partial charge in [-0.1, -0.05) is 17.7 Å². The van der Waals surface area contributed by atoms with Crippen LogP contribution in [-0.2, 0) is 11.4 Å². The lowest BCUT2D eigenvalue weighted by molar-refractivity contribution is -0.118. The van der Waals surface area contributed by atoms with Gasteiger partial charge in [-0.15, -0.1) is 0 Å². The number of hydrogen-bond acceptors (Lipinski definition) is 4. The number of aliphatic hydroxyl groups is 1. The molecule has 1 amide bonds. The highest BCUT2D eigenvalue weighted by molar-refractivity contribution is 5.91. The van der Waals surface area contributed by atoms with Gasteiger partial charge in [-0.25, -0.2) is 0 Å². The normalized spacial score (nSPS) is 10.1. The van der Waals surface area contributed by atoms with E-state index in [1.165, 1.54) is 6.20 Å². The molecular weight excluding hydrogens is 256 g/mol. The Morgan fingerprint density at radius 1 is 1.25 bits per heavy atom. The van der Waals surface area contributed by atoms with Crippen LogP contribution in [0.1, 0.15) is 11.3 Å². The summed E-state index contributed by atoms with van der Waals surface area (Å²) in [6.45, 7) is 1.78. The molecule has 0 fully saturated rings. The minimum Gasteiger partial charge on any atom is -0.482 e. The van der Waals surface area contributed by atoms with Gasteiger partial charge in [0.1, 0.15) is 5.75 Å². The first kappa shape index (κ1) is 14.0. The average molecular weight is 272 g/mol. The summed E-state index contributed by atoms with van der Waals surface area (Å²) in [7, 11) is 0. The van der Waals surface area contributed by atoms with Gasteiger partial charge in [0.25, 0.3) is 5.91 Å². The predicted octanol–water partition coefficient (Wildman–Crippen LogP) is 1.90. The minimum absolute atomic E-state index is 0.0893. The minimum atomic E-state index is -0.236. The van der Waals surface area contributed by atoms with Gasteiger partial charge in [0.15, 0.2) is 6.61 Å². The number of aliphatic hydroxyl groups excluding tert-OH is 1. The van der Waals surface area contributed by atoms with Crippen molar-refractivity contribution in [3.8, 4) is 5.75 Å². The lowest BCUT2D eigenvalue weighted by Gasteiger charge is -2.07. The number of nitrogens with one attached hydrogen (secondary N) is 1. The van der Waals surface area contributed by atoms with Crippen molar-refractivity contribution in [1.29, 1.82) is 0 Å². The number of ether oxygens (including phenoxy) is 1. The molecule has 0 bridgehead atoms. The van der Waals surface area contributed by atoms with E-state index >= 15 is 0 Å². The zero-order valence-corrected chi connectivity index (χ0v) is 11.2. The van der Waals surface area contributed by atoms with E-state index in [0.29, 0.717) is 11.4 Å². The Morgan fingerprint density at radius 2 is 2.00 bits per heavy atom. The molecule has 1 aromatic carbocycles. The molecule has 104 valence electrons. The van der Waals surface area contributed by atoms with E-state index < -0.39 is 0 Å². The van der Waals surface area contributed by atoms with Gasteiger partial charge in [-0.2, -0.15) is 0 Å². The van der Waals surface area contributed by atoms with Crippen molar-refractivity contribution in [3.05, 3.63) is 53.9 Å². The third-order valence-corrected chi connectivity index (χ3v) is 2.66. The molecule has 1 heterocycles. The maximum absolute atomic E-state index is 11.7. The van der Waals surface area contributed by atoms with Gasteiger partial charge in [0.05, 0.1) is 18.5 Å². The summed E-state index contributed by atoms with van der Waals surface area (Å²) in [5.74, 6) is 0.251. The quantitative estimate of drug-likeness (QED) is 0.872. The summed E-state index contributed by atoms with van der Waals surface area (Å²) in [4.78, 5) is 15.7.